The fourth-order valence-corrected chi connectivity index (χ4v) is 1.60. The van der Waals surface area contributed by atoms with Crippen molar-refractivity contribution in [3.63, 3.8) is 0 Å². The van der Waals surface area contributed by atoms with E-state index in [0.717, 1.165) is 6.20 Å². The molecule has 0 aliphatic carbocycles. The molecule has 0 atom stereocenters. The topological polar surface area (TPSA) is 80.5 Å². The molecular weight excluding hydrogens is 221 g/mol. The smallest absolute Gasteiger partial charge is 0.180 e. The van der Waals surface area contributed by atoms with Gasteiger partial charge in [-0.05, 0) is 18.2 Å². The Balaban J connectivity index is 2.22. The SMILES string of the molecule is Nc1ccc2[nH]c(-c3ccncc3F)nc2n1. The van der Waals surface area contributed by atoms with Gasteiger partial charge in [0.2, 0.25) is 0 Å². The standard InChI is InChI=1S/C11H8FN5/c12-7-5-14-4-3-6(7)10-15-8-1-2-9(13)16-11(8)17-10/h1-5H,(H3,13,15,16,17). The predicted octanol–water partition coefficient (Wildman–Crippen LogP) is 1.74. The molecule has 0 aliphatic heterocycles. The molecule has 17 heavy (non-hydrogen) atoms. The number of hydrogen-bond acceptors (Lipinski definition) is 4. The number of aromatic nitrogens is 4. The Morgan fingerprint density at radius 3 is 2.88 bits per heavy atom. The minimum atomic E-state index is -0.431. The van der Waals surface area contributed by atoms with Crippen LogP contribution in [-0.2, 0) is 0 Å². The largest absolute Gasteiger partial charge is 0.384 e. The number of anilines is 1. The number of fused-ring (bicyclic) bond motifs is 1. The van der Waals surface area contributed by atoms with Crippen LogP contribution in [0.5, 0.6) is 0 Å². The van der Waals surface area contributed by atoms with Crippen molar-refractivity contribution in [3.8, 4) is 11.4 Å². The van der Waals surface area contributed by atoms with Crippen molar-refractivity contribution >= 4 is 17.0 Å². The first kappa shape index (κ1) is 9.71. The Kier molecular flexibility index (Phi) is 2.01. The van der Waals surface area contributed by atoms with Gasteiger partial charge >= 0.3 is 0 Å². The van der Waals surface area contributed by atoms with Crippen LogP contribution in [0.4, 0.5) is 10.2 Å². The molecule has 84 valence electrons. The Morgan fingerprint density at radius 2 is 2.06 bits per heavy atom. The Bertz CT molecular complexity index is 691. The number of nitrogens with two attached hydrogens (primary N) is 1. The van der Waals surface area contributed by atoms with Crippen LogP contribution in [0, 0.1) is 5.82 Å². The number of halogens is 1. The van der Waals surface area contributed by atoms with Crippen LogP contribution in [-0.4, -0.2) is 19.9 Å². The fourth-order valence-electron chi connectivity index (χ4n) is 1.60. The highest BCUT2D eigenvalue weighted by Gasteiger charge is 2.10. The van der Waals surface area contributed by atoms with E-state index in [1.54, 1.807) is 18.2 Å². The van der Waals surface area contributed by atoms with Gasteiger partial charge in [-0.2, -0.15) is 0 Å². The molecule has 0 radical (unpaired) electrons. The van der Waals surface area contributed by atoms with E-state index in [0.29, 0.717) is 28.4 Å². The second kappa shape index (κ2) is 3.51. The molecule has 0 saturated heterocycles. The minimum Gasteiger partial charge on any atom is -0.384 e. The summed E-state index contributed by atoms with van der Waals surface area (Å²) in [6.45, 7) is 0. The van der Waals surface area contributed by atoms with Crippen molar-refractivity contribution in [2.75, 3.05) is 5.73 Å². The third-order valence-corrected chi connectivity index (χ3v) is 2.40. The van der Waals surface area contributed by atoms with Gasteiger partial charge in [0.05, 0.1) is 17.3 Å². The lowest BCUT2D eigenvalue weighted by Crippen LogP contribution is -1.88. The summed E-state index contributed by atoms with van der Waals surface area (Å²) in [7, 11) is 0. The second-order valence-electron chi connectivity index (χ2n) is 3.55. The molecule has 3 aromatic heterocycles. The number of nitrogen functional groups attached to an aromatic ring is 1. The lowest BCUT2D eigenvalue weighted by Gasteiger charge is -1.96. The minimum absolute atomic E-state index is 0.358. The molecule has 0 aliphatic rings. The highest BCUT2D eigenvalue weighted by atomic mass is 19.1. The van der Waals surface area contributed by atoms with Crippen molar-refractivity contribution in [2.45, 2.75) is 0 Å². The average molecular weight is 229 g/mol. The van der Waals surface area contributed by atoms with Gasteiger partial charge in [0.25, 0.3) is 0 Å². The van der Waals surface area contributed by atoms with Crippen molar-refractivity contribution in [1.82, 2.24) is 19.9 Å². The van der Waals surface area contributed by atoms with E-state index >= 15 is 0 Å². The summed E-state index contributed by atoms with van der Waals surface area (Å²) in [4.78, 5) is 14.9. The molecule has 5 nitrogen and oxygen atoms in total. The maximum atomic E-state index is 13.5. The van der Waals surface area contributed by atoms with Gasteiger partial charge in [-0.15, -0.1) is 0 Å². The number of rotatable bonds is 1. The normalized spacial score (nSPS) is 10.9. The molecule has 0 bridgehead atoms. The molecule has 3 aromatic rings. The summed E-state index contributed by atoms with van der Waals surface area (Å²) < 4.78 is 13.5. The molecular formula is C11H8FN5. The molecule has 0 amide bonds. The van der Waals surface area contributed by atoms with Crippen LogP contribution < -0.4 is 5.73 Å². The van der Waals surface area contributed by atoms with Crippen LogP contribution in [0.3, 0.4) is 0 Å². The summed E-state index contributed by atoms with van der Waals surface area (Å²) in [6.07, 6.45) is 2.65. The molecule has 0 unspecified atom stereocenters. The van der Waals surface area contributed by atoms with E-state index in [1.165, 1.54) is 6.20 Å². The van der Waals surface area contributed by atoms with Gasteiger partial charge in [0, 0.05) is 6.20 Å². The highest BCUT2D eigenvalue weighted by molar-refractivity contribution is 5.77. The molecule has 6 heteroatoms. The summed E-state index contributed by atoms with van der Waals surface area (Å²) in [5.41, 5.74) is 7.09. The quantitative estimate of drug-likeness (QED) is 0.666. The van der Waals surface area contributed by atoms with Gasteiger partial charge in [0.1, 0.15) is 11.6 Å². The Morgan fingerprint density at radius 1 is 1.18 bits per heavy atom. The summed E-state index contributed by atoms with van der Waals surface area (Å²) in [5, 5.41) is 0. The second-order valence-corrected chi connectivity index (χ2v) is 3.55. The molecule has 3 N–H and O–H groups in total. The maximum Gasteiger partial charge on any atom is 0.180 e. The van der Waals surface area contributed by atoms with Crippen LogP contribution >= 0.6 is 0 Å². The van der Waals surface area contributed by atoms with Gasteiger partial charge in [0.15, 0.2) is 11.5 Å². The third kappa shape index (κ3) is 1.59. The molecule has 0 saturated carbocycles. The zero-order valence-electron chi connectivity index (χ0n) is 8.68. The maximum absolute atomic E-state index is 13.5. The average Bonchev–Trinajstić information content (AvgIpc) is 2.72. The summed E-state index contributed by atoms with van der Waals surface area (Å²) in [6, 6.07) is 4.97. The van der Waals surface area contributed by atoms with Gasteiger partial charge in [-0.1, -0.05) is 0 Å². The number of pyridine rings is 2. The van der Waals surface area contributed by atoms with Gasteiger partial charge in [-0.25, -0.2) is 14.4 Å². The zero-order chi connectivity index (χ0) is 11.8. The van der Waals surface area contributed by atoms with E-state index in [-0.39, 0.29) is 0 Å². The van der Waals surface area contributed by atoms with E-state index in [4.69, 9.17) is 5.73 Å². The summed E-state index contributed by atoms with van der Waals surface area (Å²) >= 11 is 0. The van der Waals surface area contributed by atoms with Gasteiger partial charge in [-0.3, -0.25) is 4.98 Å². The van der Waals surface area contributed by atoms with E-state index < -0.39 is 5.82 Å². The number of hydrogen-bond donors (Lipinski definition) is 2. The van der Waals surface area contributed by atoms with Gasteiger partial charge < -0.3 is 10.7 Å². The highest BCUT2D eigenvalue weighted by Crippen LogP contribution is 2.21. The van der Waals surface area contributed by atoms with E-state index in [9.17, 15) is 4.39 Å². The Labute approximate surface area is 95.5 Å². The first-order valence-electron chi connectivity index (χ1n) is 4.96. The molecule has 0 spiro atoms. The van der Waals surface area contributed by atoms with Crippen LogP contribution in [0.1, 0.15) is 0 Å². The van der Waals surface area contributed by atoms with E-state index in [2.05, 4.69) is 19.9 Å². The predicted molar refractivity (Wildman–Crippen MR) is 61.5 cm³/mol. The first-order chi connectivity index (χ1) is 8.24. The molecule has 0 fully saturated rings. The van der Waals surface area contributed by atoms with Crippen molar-refractivity contribution < 1.29 is 4.39 Å². The summed E-state index contributed by atoms with van der Waals surface area (Å²) in [5.74, 6) is 0.364. The number of nitrogens with zero attached hydrogens (tertiary/aromatic N) is 3. The fraction of sp³-hybridized carbons (Fsp3) is 0. The Hall–Kier alpha value is -2.50. The lowest BCUT2D eigenvalue weighted by atomic mass is 10.2. The third-order valence-electron chi connectivity index (χ3n) is 2.40. The number of aromatic amines is 1. The van der Waals surface area contributed by atoms with Crippen molar-refractivity contribution in [3.05, 3.63) is 36.4 Å². The molecule has 3 heterocycles. The lowest BCUT2D eigenvalue weighted by molar-refractivity contribution is 0.624. The van der Waals surface area contributed by atoms with Crippen molar-refractivity contribution in [2.24, 2.45) is 0 Å². The van der Waals surface area contributed by atoms with Crippen LogP contribution in [0.25, 0.3) is 22.6 Å². The number of nitrogens with one attached hydrogen (secondary N) is 1. The van der Waals surface area contributed by atoms with Crippen LogP contribution in [0.2, 0.25) is 0 Å². The monoisotopic (exact) mass is 229 g/mol. The zero-order valence-corrected chi connectivity index (χ0v) is 8.68. The molecule has 3 rings (SSSR count). The van der Waals surface area contributed by atoms with Crippen molar-refractivity contribution in [1.29, 1.82) is 0 Å². The van der Waals surface area contributed by atoms with Crippen LogP contribution in [0.15, 0.2) is 30.6 Å². The first-order valence-corrected chi connectivity index (χ1v) is 4.96. The number of imidazole rings is 1. The molecule has 0 aromatic carbocycles. The van der Waals surface area contributed by atoms with E-state index in [1.807, 2.05) is 0 Å². The number of H-pyrrole nitrogens is 1.